The number of ether oxygens (including phenoxy) is 1. The first kappa shape index (κ1) is 13.7. The molecule has 19 heavy (non-hydrogen) atoms. The topological polar surface area (TPSA) is 105 Å². The molecule has 2 rings (SSSR count). The molecule has 1 aromatic rings. The molecule has 0 amide bonds. The minimum Gasteiger partial charge on any atom is -0.394 e. The third kappa shape index (κ3) is 2.27. The summed E-state index contributed by atoms with van der Waals surface area (Å²) in [6.07, 6.45) is 0.304. The number of hydrogen-bond acceptors (Lipinski definition) is 5. The Hall–Kier alpha value is -1.70. The molecule has 7 nitrogen and oxygen atoms in total. The van der Waals surface area contributed by atoms with Gasteiger partial charge < -0.3 is 14.9 Å². The normalized spacial score (nSPS) is 30.5. The average molecular weight is 268 g/mol. The number of nitrogens with one attached hydrogen (secondary N) is 1. The SMILES string of the molecule is C=CC1[C@H](n2cc(C)c(=O)[nH]c2=O)O[C@H](CO)[C@H]1O. The van der Waals surface area contributed by atoms with Crippen molar-refractivity contribution in [2.24, 2.45) is 5.92 Å². The second-order valence-electron chi connectivity index (χ2n) is 4.53. The van der Waals surface area contributed by atoms with E-state index in [0.29, 0.717) is 5.56 Å². The van der Waals surface area contributed by atoms with Gasteiger partial charge in [-0.05, 0) is 6.92 Å². The largest absolute Gasteiger partial charge is 0.394 e. The molecular formula is C12H16N2O5. The van der Waals surface area contributed by atoms with Gasteiger partial charge in [-0.1, -0.05) is 6.08 Å². The molecule has 2 heterocycles. The lowest BCUT2D eigenvalue weighted by Gasteiger charge is -2.18. The van der Waals surface area contributed by atoms with Crippen molar-refractivity contribution >= 4 is 0 Å². The van der Waals surface area contributed by atoms with E-state index in [2.05, 4.69) is 11.6 Å². The Morgan fingerprint density at radius 3 is 2.84 bits per heavy atom. The minimum absolute atomic E-state index is 0.355. The molecule has 1 aromatic heterocycles. The summed E-state index contributed by atoms with van der Waals surface area (Å²) >= 11 is 0. The Kier molecular flexibility index (Phi) is 3.70. The Morgan fingerprint density at radius 1 is 1.58 bits per heavy atom. The van der Waals surface area contributed by atoms with Crippen molar-refractivity contribution in [1.29, 1.82) is 0 Å². The van der Waals surface area contributed by atoms with Crippen molar-refractivity contribution < 1.29 is 14.9 Å². The van der Waals surface area contributed by atoms with Crippen molar-refractivity contribution in [2.75, 3.05) is 6.61 Å². The van der Waals surface area contributed by atoms with Crippen molar-refractivity contribution in [2.45, 2.75) is 25.4 Å². The van der Waals surface area contributed by atoms with E-state index >= 15 is 0 Å². The number of aromatic nitrogens is 2. The molecule has 4 atom stereocenters. The highest BCUT2D eigenvalue weighted by Crippen LogP contribution is 2.34. The van der Waals surface area contributed by atoms with E-state index in [4.69, 9.17) is 9.84 Å². The fraction of sp³-hybridized carbons (Fsp3) is 0.500. The predicted molar refractivity (Wildman–Crippen MR) is 66.7 cm³/mol. The van der Waals surface area contributed by atoms with Gasteiger partial charge in [0.05, 0.1) is 18.6 Å². The van der Waals surface area contributed by atoms with Crippen LogP contribution in [0.25, 0.3) is 0 Å². The van der Waals surface area contributed by atoms with Crippen LogP contribution in [0.15, 0.2) is 28.4 Å². The number of aliphatic hydroxyl groups is 2. The zero-order valence-corrected chi connectivity index (χ0v) is 10.4. The van der Waals surface area contributed by atoms with Gasteiger partial charge >= 0.3 is 5.69 Å². The standard InChI is InChI=1S/C12H16N2O5/c1-3-7-9(16)8(5-15)19-11(7)14-4-6(2)10(17)13-12(14)18/h3-4,7-9,11,15-16H,1,5H2,2H3,(H,13,17,18)/t7?,8-,9+,11-/m1/s1. The second-order valence-corrected chi connectivity index (χ2v) is 4.53. The van der Waals surface area contributed by atoms with Crippen LogP contribution in [0.5, 0.6) is 0 Å². The van der Waals surface area contributed by atoms with Crippen LogP contribution in [0.1, 0.15) is 11.8 Å². The lowest BCUT2D eigenvalue weighted by atomic mass is 10.00. The molecule has 104 valence electrons. The molecule has 0 saturated carbocycles. The van der Waals surface area contributed by atoms with Gasteiger partial charge in [-0.15, -0.1) is 6.58 Å². The van der Waals surface area contributed by atoms with E-state index < -0.39 is 35.6 Å². The summed E-state index contributed by atoms with van der Waals surface area (Å²) in [6.45, 7) is 4.80. The van der Waals surface area contributed by atoms with Gasteiger partial charge in [0.25, 0.3) is 5.56 Å². The Morgan fingerprint density at radius 2 is 2.26 bits per heavy atom. The highest BCUT2D eigenvalue weighted by atomic mass is 16.5. The molecule has 0 spiro atoms. The number of hydrogen-bond donors (Lipinski definition) is 3. The molecule has 7 heteroatoms. The van der Waals surface area contributed by atoms with Crippen molar-refractivity contribution in [3.63, 3.8) is 0 Å². The molecule has 1 aliphatic heterocycles. The molecule has 0 aliphatic carbocycles. The monoisotopic (exact) mass is 268 g/mol. The highest BCUT2D eigenvalue weighted by molar-refractivity contribution is 5.05. The maximum absolute atomic E-state index is 11.8. The number of aliphatic hydroxyl groups excluding tert-OH is 2. The molecule has 0 bridgehead atoms. The number of rotatable bonds is 3. The summed E-state index contributed by atoms with van der Waals surface area (Å²) in [7, 11) is 0. The molecule has 3 N–H and O–H groups in total. The lowest BCUT2D eigenvalue weighted by molar-refractivity contribution is -0.0472. The average Bonchev–Trinajstić information content (AvgIpc) is 2.70. The first-order chi connectivity index (χ1) is 8.99. The molecule has 0 aromatic carbocycles. The van der Waals surface area contributed by atoms with Gasteiger partial charge in [0.1, 0.15) is 12.3 Å². The third-order valence-electron chi connectivity index (χ3n) is 3.29. The molecule has 1 saturated heterocycles. The van der Waals surface area contributed by atoms with Gasteiger partial charge in [-0.3, -0.25) is 14.3 Å². The fourth-order valence-electron chi connectivity index (χ4n) is 2.20. The Balaban J connectivity index is 2.47. The van der Waals surface area contributed by atoms with Gasteiger partial charge in [0.2, 0.25) is 0 Å². The minimum atomic E-state index is -0.952. The summed E-state index contributed by atoms with van der Waals surface area (Å²) in [5.41, 5.74) is -0.736. The first-order valence-electron chi connectivity index (χ1n) is 5.88. The third-order valence-corrected chi connectivity index (χ3v) is 3.29. The highest BCUT2D eigenvalue weighted by Gasteiger charge is 2.43. The van der Waals surface area contributed by atoms with Crippen LogP contribution in [0.3, 0.4) is 0 Å². The van der Waals surface area contributed by atoms with E-state index in [1.165, 1.54) is 16.8 Å². The summed E-state index contributed by atoms with van der Waals surface area (Å²) in [5, 5.41) is 19.1. The maximum Gasteiger partial charge on any atom is 0.330 e. The van der Waals surface area contributed by atoms with E-state index in [-0.39, 0.29) is 6.61 Å². The van der Waals surface area contributed by atoms with Gasteiger partial charge in [-0.25, -0.2) is 4.79 Å². The van der Waals surface area contributed by atoms with Crippen LogP contribution in [0.2, 0.25) is 0 Å². The summed E-state index contributed by atoms with van der Waals surface area (Å²) in [4.78, 5) is 25.3. The van der Waals surface area contributed by atoms with Gasteiger partial charge in [-0.2, -0.15) is 0 Å². The van der Waals surface area contributed by atoms with Crippen LogP contribution < -0.4 is 11.2 Å². The number of nitrogens with zero attached hydrogens (tertiary/aromatic N) is 1. The molecule has 1 unspecified atom stereocenters. The van der Waals surface area contributed by atoms with Crippen LogP contribution in [0.4, 0.5) is 0 Å². The van der Waals surface area contributed by atoms with Crippen molar-refractivity contribution in [3.8, 4) is 0 Å². The zero-order valence-electron chi connectivity index (χ0n) is 10.4. The molecule has 0 radical (unpaired) electrons. The van der Waals surface area contributed by atoms with Crippen LogP contribution in [-0.2, 0) is 4.74 Å². The number of aromatic amines is 1. The van der Waals surface area contributed by atoms with Crippen LogP contribution >= 0.6 is 0 Å². The summed E-state index contributed by atoms with van der Waals surface area (Å²) < 4.78 is 6.65. The summed E-state index contributed by atoms with van der Waals surface area (Å²) in [6, 6.07) is 0. The van der Waals surface area contributed by atoms with E-state index in [1.807, 2.05) is 0 Å². The summed E-state index contributed by atoms with van der Waals surface area (Å²) in [5.74, 6) is -0.542. The van der Waals surface area contributed by atoms with Gasteiger partial charge in [0, 0.05) is 11.8 Å². The molecule has 1 aliphatic rings. The van der Waals surface area contributed by atoms with Crippen molar-refractivity contribution in [3.05, 3.63) is 45.3 Å². The van der Waals surface area contributed by atoms with E-state index in [1.54, 1.807) is 6.92 Å². The van der Waals surface area contributed by atoms with E-state index in [9.17, 15) is 14.7 Å². The maximum atomic E-state index is 11.8. The lowest BCUT2D eigenvalue weighted by Crippen LogP contribution is -2.35. The van der Waals surface area contributed by atoms with E-state index in [0.717, 1.165) is 0 Å². The van der Waals surface area contributed by atoms with Crippen molar-refractivity contribution in [1.82, 2.24) is 9.55 Å². The fourth-order valence-corrected chi connectivity index (χ4v) is 2.20. The first-order valence-corrected chi connectivity index (χ1v) is 5.88. The smallest absolute Gasteiger partial charge is 0.330 e. The second kappa shape index (κ2) is 5.12. The number of H-pyrrole nitrogens is 1. The van der Waals surface area contributed by atoms with Crippen LogP contribution in [-0.4, -0.2) is 38.6 Å². The number of aryl methyl sites for hydroxylation is 1. The molecule has 1 fully saturated rings. The Labute approximate surface area is 108 Å². The quantitative estimate of drug-likeness (QED) is 0.603. The zero-order chi connectivity index (χ0) is 14.2. The predicted octanol–water partition coefficient (Wildman–Crippen LogP) is -1.10. The van der Waals surface area contributed by atoms with Crippen LogP contribution in [0, 0.1) is 12.8 Å². The van der Waals surface area contributed by atoms with Gasteiger partial charge in [0.15, 0.2) is 0 Å². The Bertz CT molecular complexity index is 591. The molecular weight excluding hydrogens is 252 g/mol.